The van der Waals surface area contributed by atoms with Crippen LogP contribution in [0.1, 0.15) is 59.4 Å². The van der Waals surface area contributed by atoms with E-state index in [-0.39, 0.29) is 29.6 Å². The third kappa shape index (κ3) is 4.71. The first-order valence-electron chi connectivity index (χ1n) is 10.2. The number of amides is 2. The van der Waals surface area contributed by atoms with Crippen LogP contribution in [0.15, 0.2) is 12.1 Å². The van der Waals surface area contributed by atoms with E-state index in [1.807, 2.05) is 6.07 Å². The summed E-state index contributed by atoms with van der Waals surface area (Å²) in [6.07, 6.45) is 1.98. The Labute approximate surface area is 171 Å². The molecule has 1 fully saturated rings. The van der Waals surface area contributed by atoms with Crippen LogP contribution in [0.4, 0.5) is 0 Å². The lowest BCUT2D eigenvalue weighted by atomic mass is 9.80. The zero-order valence-corrected chi connectivity index (χ0v) is 17.4. The fourth-order valence-electron chi connectivity index (χ4n) is 3.57. The largest absolute Gasteiger partial charge is 0.492 e. The van der Waals surface area contributed by atoms with Crippen molar-refractivity contribution < 1.29 is 23.8 Å². The second-order valence-electron chi connectivity index (χ2n) is 7.94. The van der Waals surface area contributed by atoms with Crippen molar-refractivity contribution in [2.75, 3.05) is 33.4 Å². The number of fused-ring (bicyclic) bond motifs is 1. The maximum Gasteiger partial charge on any atom is 0.254 e. The molecule has 0 radical (unpaired) electrons. The number of hydrogen-bond donors (Lipinski definition) is 3. The standard InChI is InChI=1S/C21H31N3O5/c1-4-21(2)12-29-18-15(20(26)23-3)8-13(9-16(18)21)19(25)24-7-5-6-17-27-10-14(22)11-28-17/h8-9,14,17H,4-7,10-12,22H2,1-3H3,(H,23,26)(H,24,25)/t14?,17?,21-/m0/s1. The van der Waals surface area contributed by atoms with Crippen LogP contribution in [0.25, 0.3) is 0 Å². The van der Waals surface area contributed by atoms with Gasteiger partial charge in [0.1, 0.15) is 5.75 Å². The van der Waals surface area contributed by atoms with Crippen LogP contribution < -0.4 is 21.1 Å². The molecule has 0 bridgehead atoms. The lowest BCUT2D eigenvalue weighted by molar-refractivity contribution is -0.188. The van der Waals surface area contributed by atoms with Gasteiger partial charge in [-0.15, -0.1) is 0 Å². The molecule has 4 N–H and O–H groups in total. The zero-order chi connectivity index (χ0) is 21.0. The predicted octanol–water partition coefficient (Wildman–Crippen LogP) is 1.32. The molecule has 1 saturated heterocycles. The highest BCUT2D eigenvalue weighted by Gasteiger charge is 2.38. The van der Waals surface area contributed by atoms with Crippen molar-refractivity contribution in [3.8, 4) is 5.75 Å². The molecule has 0 aromatic heterocycles. The predicted molar refractivity (Wildman–Crippen MR) is 108 cm³/mol. The topological polar surface area (TPSA) is 112 Å². The lowest BCUT2D eigenvalue weighted by Crippen LogP contribution is -2.41. The molecule has 0 saturated carbocycles. The minimum Gasteiger partial charge on any atom is -0.492 e. The molecular weight excluding hydrogens is 374 g/mol. The summed E-state index contributed by atoms with van der Waals surface area (Å²) in [6.45, 7) is 6.14. The highest BCUT2D eigenvalue weighted by molar-refractivity contribution is 6.02. The maximum absolute atomic E-state index is 12.7. The Kier molecular flexibility index (Phi) is 6.77. The summed E-state index contributed by atoms with van der Waals surface area (Å²) in [5.41, 5.74) is 7.27. The molecule has 29 heavy (non-hydrogen) atoms. The summed E-state index contributed by atoms with van der Waals surface area (Å²) in [7, 11) is 1.57. The second-order valence-corrected chi connectivity index (χ2v) is 7.94. The van der Waals surface area contributed by atoms with Gasteiger partial charge in [-0.2, -0.15) is 0 Å². The zero-order valence-electron chi connectivity index (χ0n) is 17.4. The molecule has 8 heteroatoms. The quantitative estimate of drug-likeness (QED) is 0.590. The van der Waals surface area contributed by atoms with Gasteiger partial charge >= 0.3 is 0 Å². The Hall–Kier alpha value is -2.16. The summed E-state index contributed by atoms with van der Waals surface area (Å²) in [5, 5.41) is 5.55. The van der Waals surface area contributed by atoms with Crippen molar-refractivity contribution in [3.05, 3.63) is 28.8 Å². The summed E-state index contributed by atoms with van der Waals surface area (Å²) in [4.78, 5) is 25.1. The van der Waals surface area contributed by atoms with E-state index in [1.54, 1.807) is 13.1 Å². The molecule has 1 atom stereocenters. The molecule has 3 rings (SSSR count). The lowest BCUT2D eigenvalue weighted by Gasteiger charge is -2.27. The first-order valence-corrected chi connectivity index (χ1v) is 10.2. The van der Waals surface area contributed by atoms with Crippen molar-refractivity contribution in [2.45, 2.75) is 50.9 Å². The normalized spacial score (nSPS) is 25.8. The van der Waals surface area contributed by atoms with Crippen LogP contribution in [0.5, 0.6) is 5.75 Å². The highest BCUT2D eigenvalue weighted by Crippen LogP contribution is 2.43. The van der Waals surface area contributed by atoms with Crippen LogP contribution in [-0.2, 0) is 14.9 Å². The first-order chi connectivity index (χ1) is 13.9. The van der Waals surface area contributed by atoms with Crippen molar-refractivity contribution in [1.82, 2.24) is 10.6 Å². The van der Waals surface area contributed by atoms with Crippen molar-refractivity contribution in [3.63, 3.8) is 0 Å². The number of carbonyl (C=O) groups is 2. The Bertz CT molecular complexity index is 761. The van der Waals surface area contributed by atoms with Gasteiger partial charge in [0.15, 0.2) is 6.29 Å². The van der Waals surface area contributed by atoms with E-state index in [0.29, 0.717) is 56.1 Å². The summed E-state index contributed by atoms with van der Waals surface area (Å²) in [5.74, 6) is 0.104. The van der Waals surface area contributed by atoms with Gasteiger partial charge in [0.05, 0.1) is 31.4 Å². The van der Waals surface area contributed by atoms with E-state index >= 15 is 0 Å². The number of nitrogens with one attached hydrogen (secondary N) is 2. The van der Waals surface area contributed by atoms with E-state index in [0.717, 1.165) is 12.0 Å². The summed E-state index contributed by atoms with van der Waals surface area (Å²) >= 11 is 0. The first kappa shape index (κ1) is 21.5. The fourth-order valence-corrected chi connectivity index (χ4v) is 3.57. The number of carbonyl (C=O) groups excluding carboxylic acids is 2. The van der Waals surface area contributed by atoms with E-state index in [2.05, 4.69) is 24.5 Å². The SMILES string of the molecule is CC[C@@]1(C)COc2c(C(=O)NC)cc(C(=O)NCCCC3OCC(N)CO3)cc21. The highest BCUT2D eigenvalue weighted by atomic mass is 16.7. The number of hydrogen-bond acceptors (Lipinski definition) is 6. The van der Waals surface area contributed by atoms with Crippen LogP contribution in [-0.4, -0.2) is 57.6 Å². The van der Waals surface area contributed by atoms with Crippen LogP contribution >= 0.6 is 0 Å². The monoisotopic (exact) mass is 405 g/mol. The molecule has 1 aromatic rings. The summed E-state index contributed by atoms with van der Waals surface area (Å²) in [6, 6.07) is 3.38. The van der Waals surface area contributed by atoms with Crippen molar-refractivity contribution in [1.29, 1.82) is 0 Å². The fraction of sp³-hybridized carbons (Fsp3) is 0.619. The van der Waals surface area contributed by atoms with Crippen LogP contribution in [0, 0.1) is 0 Å². The Morgan fingerprint density at radius 2 is 1.97 bits per heavy atom. The van der Waals surface area contributed by atoms with Crippen molar-refractivity contribution in [2.24, 2.45) is 5.73 Å². The van der Waals surface area contributed by atoms with Crippen LogP contribution in [0.2, 0.25) is 0 Å². The minimum atomic E-state index is -0.269. The average molecular weight is 405 g/mol. The molecule has 8 nitrogen and oxygen atoms in total. The second kappa shape index (κ2) is 9.11. The maximum atomic E-state index is 12.7. The average Bonchev–Trinajstić information content (AvgIpc) is 3.08. The Morgan fingerprint density at radius 1 is 1.24 bits per heavy atom. The number of ether oxygens (including phenoxy) is 3. The van der Waals surface area contributed by atoms with Crippen LogP contribution in [0.3, 0.4) is 0 Å². The molecule has 2 aliphatic heterocycles. The molecular formula is C21H31N3O5. The van der Waals surface area contributed by atoms with E-state index < -0.39 is 0 Å². The smallest absolute Gasteiger partial charge is 0.254 e. The van der Waals surface area contributed by atoms with Gasteiger partial charge in [0.2, 0.25) is 0 Å². The number of benzene rings is 1. The van der Waals surface area contributed by atoms with Gasteiger partial charge in [-0.05, 0) is 25.0 Å². The van der Waals surface area contributed by atoms with Gasteiger partial charge in [-0.3, -0.25) is 9.59 Å². The molecule has 0 unspecified atom stereocenters. The van der Waals surface area contributed by atoms with Crippen molar-refractivity contribution >= 4 is 11.8 Å². The number of nitrogens with two attached hydrogens (primary N) is 1. The van der Waals surface area contributed by atoms with Gasteiger partial charge in [-0.1, -0.05) is 13.8 Å². The molecule has 2 heterocycles. The number of rotatable bonds is 7. The minimum absolute atomic E-state index is 0.0712. The van der Waals surface area contributed by atoms with Gasteiger partial charge < -0.3 is 30.6 Å². The molecule has 1 aromatic carbocycles. The van der Waals surface area contributed by atoms with E-state index in [4.69, 9.17) is 19.9 Å². The third-order valence-corrected chi connectivity index (χ3v) is 5.68. The van der Waals surface area contributed by atoms with E-state index in [9.17, 15) is 9.59 Å². The molecule has 0 spiro atoms. The molecule has 2 aliphatic rings. The Morgan fingerprint density at radius 3 is 2.62 bits per heavy atom. The van der Waals surface area contributed by atoms with Gasteiger partial charge in [-0.25, -0.2) is 0 Å². The molecule has 0 aliphatic carbocycles. The molecule has 160 valence electrons. The molecule has 2 amide bonds. The third-order valence-electron chi connectivity index (χ3n) is 5.68. The van der Waals surface area contributed by atoms with Gasteiger partial charge in [0, 0.05) is 36.6 Å². The van der Waals surface area contributed by atoms with E-state index in [1.165, 1.54) is 0 Å². The summed E-state index contributed by atoms with van der Waals surface area (Å²) < 4.78 is 16.8. The Balaban J connectivity index is 1.65. The van der Waals surface area contributed by atoms with Gasteiger partial charge in [0.25, 0.3) is 11.8 Å².